The molecule has 1 aliphatic rings. The summed E-state index contributed by atoms with van der Waals surface area (Å²) < 4.78 is 12.9. The number of para-hydroxylation sites is 1. The summed E-state index contributed by atoms with van der Waals surface area (Å²) in [5.74, 6) is 0.0675. The third-order valence-corrected chi connectivity index (χ3v) is 6.35. The molecule has 32 heavy (non-hydrogen) atoms. The van der Waals surface area contributed by atoms with E-state index in [2.05, 4.69) is 4.99 Å². The van der Waals surface area contributed by atoms with Crippen LogP contribution in [0.3, 0.4) is 0 Å². The van der Waals surface area contributed by atoms with Gasteiger partial charge in [0.15, 0.2) is 4.80 Å². The molecule has 1 aliphatic heterocycles. The summed E-state index contributed by atoms with van der Waals surface area (Å²) in [6.07, 6.45) is 1.79. The van der Waals surface area contributed by atoms with Gasteiger partial charge in [0.1, 0.15) is 11.8 Å². The number of allylic oxidation sites excluding steroid dienone is 1. The maximum absolute atomic E-state index is 13.5. The van der Waals surface area contributed by atoms with Gasteiger partial charge in [-0.25, -0.2) is 9.79 Å². The van der Waals surface area contributed by atoms with E-state index in [9.17, 15) is 9.59 Å². The first-order valence-electron chi connectivity index (χ1n) is 10.0. The normalized spacial score (nSPS) is 15.9. The van der Waals surface area contributed by atoms with E-state index in [4.69, 9.17) is 21.1 Å². The zero-order valence-electron chi connectivity index (χ0n) is 17.8. The van der Waals surface area contributed by atoms with Crippen molar-refractivity contribution in [1.82, 2.24) is 4.57 Å². The first-order chi connectivity index (χ1) is 15.4. The minimum atomic E-state index is -0.714. The molecule has 2 heterocycles. The van der Waals surface area contributed by atoms with Crippen molar-refractivity contribution in [3.05, 3.63) is 95.6 Å². The highest BCUT2D eigenvalue weighted by atomic mass is 35.5. The number of rotatable bonds is 5. The number of methoxy groups -OCH3 is 1. The fourth-order valence-corrected chi connectivity index (χ4v) is 4.86. The average molecular weight is 469 g/mol. The maximum Gasteiger partial charge on any atom is 0.338 e. The van der Waals surface area contributed by atoms with Gasteiger partial charge in [0.05, 0.1) is 29.5 Å². The van der Waals surface area contributed by atoms with Crippen LogP contribution >= 0.6 is 22.9 Å². The highest BCUT2D eigenvalue weighted by molar-refractivity contribution is 7.07. The number of halogens is 1. The van der Waals surface area contributed by atoms with Crippen molar-refractivity contribution in [3.63, 3.8) is 0 Å². The van der Waals surface area contributed by atoms with E-state index in [-0.39, 0.29) is 12.2 Å². The second-order valence-corrected chi connectivity index (χ2v) is 8.54. The molecule has 6 nitrogen and oxygen atoms in total. The molecule has 0 N–H and O–H groups in total. The van der Waals surface area contributed by atoms with Crippen LogP contribution in [0.4, 0.5) is 0 Å². The Hall–Kier alpha value is -3.16. The van der Waals surface area contributed by atoms with Crippen LogP contribution in [0, 0.1) is 0 Å². The fourth-order valence-electron chi connectivity index (χ4n) is 3.69. The van der Waals surface area contributed by atoms with Gasteiger partial charge in [-0.3, -0.25) is 9.36 Å². The molecule has 2 aromatic carbocycles. The van der Waals surface area contributed by atoms with Crippen molar-refractivity contribution >= 4 is 35.0 Å². The van der Waals surface area contributed by atoms with Gasteiger partial charge >= 0.3 is 5.97 Å². The van der Waals surface area contributed by atoms with Gasteiger partial charge in [-0.2, -0.15) is 0 Å². The van der Waals surface area contributed by atoms with E-state index in [1.54, 1.807) is 49.8 Å². The molecule has 8 heteroatoms. The number of hydrogen-bond donors (Lipinski definition) is 0. The highest BCUT2D eigenvalue weighted by Gasteiger charge is 2.34. The number of thiazole rings is 1. The van der Waals surface area contributed by atoms with Crippen LogP contribution in [0.1, 0.15) is 31.0 Å². The van der Waals surface area contributed by atoms with Crippen LogP contribution in [0.2, 0.25) is 5.02 Å². The summed E-state index contributed by atoms with van der Waals surface area (Å²) in [5.41, 5.74) is 2.12. The average Bonchev–Trinajstić information content (AvgIpc) is 3.09. The van der Waals surface area contributed by atoms with Gasteiger partial charge in [-0.1, -0.05) is 53.3 Å². The molecule has 0 fully saturated rings. The molecule has 1 aromatic heterocycles. The molecular weight excluding hydrogens is 448 g/mol. The molecule has 0 unspecified atom stereocenters. The highest BCUT2D eigenvalue weighted by Crippen LogP contribution is 2.35. The van der Waals surface area contributed by atoms with Crippen molar-refractivity contribution in [2.75, 3.05) is 13.7 Å². The molecule has 0 amide bonds. The SMILES string of the molecule is CCOC(=O)C1=C(C)N=c2s/c(=C/c3ccc(Cl)cc3)c(=O)n2[C@H]1c1ccccc1OC. The Bertz CT molecular complexity index is 1390. The molecule has 164 valence electrons. The number of carbonyl (C=O) groups is 1. The smallest absolute Gasteiger partial charge is 0.338 e. The van der Waals surface area contributed by atoms with Crippen LogP contribution in [-0.4, -0.2) is 24.3 Å². The molecular formula is C24H21ClN2O4S. The Morgan fingerprint density at radius 1 is 1.22 bits per heavy atom. The monoisotopic (exact) mass is 468 g/mol. The molecule has 0 saturated heterocycles. The van der Waals surface area contributed by atoms with Gasteiger partial charge in [-0.05, 0) is 43.7 Å². The number of esters is 1. The Balaban J connectivity index is 1.98. The van der Waals surface area contributed by atoms with Crippen molar-refractivity contribution < 1.29 is 14.3 Å². The van der Waals surface area contributed by atoms with E-state index in [1.165, 1.54) is 11.3 Å². The van der Waals surface area contributed by atoms with E-state index >= 15 is 0 Å². The lowest BCUT2D eigenvalue weighted by molar-refractivity contribution is -0.139. The summed E-state index contributed by atoms with van der Waals surface area (Å²) in [6, 6.07) is 13.8. The fraction of sp³-hybridized carbons (Fsp3) is 0.208. The van der Waals surface area contributed by atoms with Crippen molar-refractivity contribution in [1.29, 1.82) is 0 Å². The van der Waals surface area contributed by atoms with Gasteiger partial charge in [0.2, 0.25) is 0 Å². The second kappa shape index (κ2) is 9.14. The van der Waals surface area contributed by atoms with E-state index in [1.807, 2.05) is 30.3 Å². The van der Waals surface area contributed by atoms with Crippen molar-refractivity contribution in [2.24, 2.45) is 4.99 Å². The molecule has 0 bridgehead atoms. The number of carbonyl (C=O) groups excluding carboxylic acids is 1. The standard InChI is InChI=1S/C24H21ClN2O4S/c1-4-31-23(29)20-14(2)26-24-27(21(20)17-7-5-6-8-18(17)30-3)22(28)19(32-24)13-15-9-11-16(25)12-10-15/h5-13,21H,4H2,1-3H3/b19-13+/t21-/m0/s1. The summed E-state index contributed by atoms with van der Waals surface area (Å²) in [5, 5.41) is 0.620. The van der Waals surface area contributed by atoms with Crippen molar-refractivity contribution in [2.45, 2.75) is 19.9 Å². The molecule has 4 rings (SSSR count). The van der Waals surface area contributed by atoms with Crippen molar-refractivity contribution in [3.8, 4) is 5.75 Å². The quantitative estimate of drug-likeness (QED) is 0.538. The summed E-state index contributed by atoms with van der Waals surface area (Å²) in [6.45, 7) is 3.72. The lowest BCUT2D eigenvalue weighted by Crippen LogP contribution is -2.40. The minimum absolute atomic E-state index is 0.218. The Morgan fingerprint density at radius 3 is 2.62 bits per heavy atom. The Labute approximate surface area is 193 Å². The second-order valence-electron chi connectivity index (χ2n) is 7.10. The predicted molar refractivity (Wildman–Crippen MR) is 125 cm³/mol. The van der Waals surface area contributed by atoms with Crippen LogP contribution in [0.25, 0.3) is 6.08 Å². The molecule has 0 radical (unpaired) electrons. The molecule has 0 aliphatic carbocycles. The summed E-state index contributed by atoms with van der Waals surface area (Å²) in [4.78, 5) is 31.6. The van der Waals surface area contributed by atoms with Gasteiger partial charge < -0.3 is 9.47 Å². The third kappa shape index (κ3) is 4.01. The number of ether oxygens (including phenoxy) is 2. The number of fused-ring (bicyclic) bond motifs is 1. The Kier molecular flexibility index (Phi) is 6.30. The van der Waals surface area contributed by atoms with Crippen LogP contribution in [0.15, 0.2) is 69.6 Å². The zero-order chi connectivity index (χ0) is 22.8. The largest absolute Gasteiger partial charge is 0.496 e. The first kappa shape index (κ1) is 22.0. The van der Waals surface area contributed by atoms with Crippen LogP contribution < -0.4 is 19.6 Å². The first-order valence-corrected chi connectivity index (χ1v) is 11.2. The molecule has 0 saturated carbocycles. The van der Waals surface area contributed by atoms with Gasteiger partial charge in [0.25, 0.3) is 5.56 Å². The number of nitrogens with zero attached hydrogens (tertiary/aromatic N) is 2. The van der Waals surface area contributed by atoms with E-state index in [0.717, 1.165) is 5.56 Å². The van der Waals surface area contributed by atoms with E-state index < -0.39 is 12.0 Å². The number of benzene rings is 2. The van der Waals surface area contributed by atoms with Crippen LogP contribution in [-0.2, 0) is 9.53 Å². The lowest BCUT2D eigenvalue weighted by Gasteiger charge is -2.25. The Morgan fingerprint density at radius 2 is 1.94 bits per heavy atom. The topological polar surface area (TPSA) is 69.9 Å². The minimum Gasteiger partial charge on any atom is -0.496 e. The van der Waals surface area contributed by atoms with Crippen LogP contribution in [0.5, 0.6) is 5.75 Å². The van der Waals surface area contributed by atoms with Gasteiger partial charge in [-0.15, -0.1) is 0 Å². The third-order valence-electron chi connectivity index (χ3n) is 5.12. The summed E-state index contributed by atoms with van der Waals surface area (Å²) in [7, 11) is 1.56. The molecule has 0 spiro atoms. The number of aromatic nitrogens is 1. The molecule has 1 atom stereocenters. The predicted octanol–water partition coefficient (Wildman–Crippen LogP) is 3.46. The van der Waals surface area contributed by atoms with Gasteiger partial charge in [0, 0.05) is 10.6 Å². The molecule has 3 aromatic rings. The number of hydrogen-bond acceptors (Lipinski definition) is 6. The lowest BCUT2D eigenvalue weighted by atomic mass is 9.95. The summed E-state index contributed by atoms with van der Waals surface area (Å²) >= 11 is 7.25. The maximum atomic E-state index is 13.5. The van der Waals surface area contributed by atoms with E-state index in [0.29, 0.717) is 36.9 Å². The zero-order valence-corrected chi connectivity index (χ0v) is 19.4.